The molecule has 4 aromatic rings. The fourth-order valence-corrected chi connectivity index (χ4v) is 7.68. The fraction of sp³-hybridized carbons (Fsp3) is 0.346. The third-order valence-corrected chi connectivity index (χ3v) is 10.5. The van der Waals surface area contributed by atoms with Crippen molar-refractivity contribution in [2.75, 3.05) is 19.6 Å². The summed E-state index contributed by atoms with van der Waals surface area (Å²) in [4.78, 5) is 34.2. The number of thiazole rings is 1. The molecule has 2 aliphatic heterocycles. The molecule has 15 nitrogen and oxygen atoms in total. The Balaban J connectivity index is 1.28. The largest absolute Gasteiger partial charge is 0.384 e. The first-order chi connectivity index (χ1) is 20.6. The van der Waals surface area contributed by atoms with Gasteiger partial charge >= 0.3 is 0 Å². The molecule has 0 aliphatic carbocycles. The molecule has 0 spiro atoms. The Labute approximate surface area is 250 Å². The number of fused-ring (bicyclic) bond motifs is 2. The van der Waals surface area contributed by atoms with Gasteiger partial charge in [-0.3, -0.25) is 15.0 Å². The van der Waals surface area contributed by atoms with Gasteiger partial charge in [0.15, 0.2) is 10.8 Å². The van der Waals surface area contributed by atoms with Gasteiger partial charge in [-0.2, -0.15) is 4.31 Å². The number of nitrogen functional groups attached to an aromatic ring is 1. The normalized spacial score (nSPS) is 19.2. The number of piperazine rings is 1. The van der Waals surface area contributed by atoms with Crippen molar-refractivity contribution in [2.24, 2.45) is 5.73 Å². The molecule has 17 heteroatoms. The molecule has 6 N–H and O–H groups in total. The lowest BCUT2D eigenvalue weighted by Gasteiger charge is -2.39. The molecular weight excluding hydrogens is 594 g/mol. The van der Waals surface area contributed by atoms with Crippen LogP contribution in [0.15, 0.2) is 41.3 Å². The highest BCUT2D eigenvalue weighted by atomic mass is 32.2. The Morgan fingerprint density at radius 1 is 1.19 bits per heavy atom. The summed E-state index contributed by atoms with van der Waals surface area (Å²) >= 11 is 1.29. The highest BCUT2D eigenvalue weighted by Gasteiger charge is 2.41. The molecule has 43 heavy (non-hydrogen) atoms. The van der Waals surface area contributed by atoms with Gasteiger partial charge < -0.3 is 21.3 Å². The molecule has 2 unspecified atom stereocenters. The van der Waals surface area contributed by atoms with Gasteiger partial charge in [-0.25, -0.2) is 18.5 Å². The number of hydrogen-bond donors (Lipinski definition) is 5. The molecule has 2 aliphatic rings. The van der Waals surface area contributed by atoms with Crippen molar-refractivity contribution in [3.63, 3.8) is 0 Å². The quantitative estimate of drug-likeness (QED) is 0.137. The van der Waals surface area contributed by atoms with Crippen LogP contribution < -0.4 is 16.4 Å². The van der Waals surface area contributed by atoms with Gasteiger partial charge in [-0.15, -0.1) is 16.4 Å². The second-order valence-electron chi connectivity index (χ2n) is 10.5. The summed E-state index contributed by atoms with van der Waals surface area (Å²) in [7, 11) is -4.06. The Morgan fingerprint density at radius 2 is 2.00 bits per heavy atom. The number of aromatic amines is 1. The van der Waals surface area contributed by atoms with Gasteiger partial charge in [-0.1, -0.05) is 18.2 Å². The number of hydrogen-bond acceptors (Lipinski definition) is 11. The predicted octanol–water partition coefficient (Wildman–Crippen LogP) is -0.0406. The number of benzene rings is 2. The number of rotatable bonds is 7. The number of amides is 2. The number of nitrogens with two attached hydrogens (primary N) is 1. The number of nitrogens with one attached hydrogen (secondary N) is 4. The van der Waals surface area contributed by atoms with Gasteiger partial charge in [0.1, 0.15) is 11.9 Å². The summed E-state index contributed by atoms with van der Waals surface area (Å²) in [5.41, 5.74) is 6.96. The topological polar surface area (TPSA) is 216 Å². The van der Waals surface area contributed by atoms with Crippen molar-refractivity contribution in [3.8, 4) is 0 Å². The molecule has 0 radical (unpaired) electrons. The Morgan fingerprint density at radius 3 is 2.77 bits per heavy atom. The molecule has 6 rings (SSSR count). The van der Waals surface area contributed by atoms with E-state index in [4.69, 9.17) is 11.1 Å². The maximum absolute atomic E-state index is 13.8. The van der Waals surface area contributed by atoms with E-state index >= 15 is 0 Å². The van der Waals surface area contributed by atoms with Crippen LogP contribution in [0.1, 0.15) is 38.7 Å². The zero-order chi connectivity index (χ0) is 30.3. The predicted molar refractivity (Wildman–Crippen MR) is 157 cm³/mol. The van der Waals surface area contributed by atoms with Crippen LogP contribution in [0.4, 0.5) is 0 Å². The van der Waals surface area contributed by atoms with Crippen LogP contribution >= 0.6 is 11.3 Å². The SMILES string of the molecule is CC1Cc2nc(C(=O)N3CCN(S(=O)(=O)c4ccc5ccc(C(=N)N)cc5c4)CC3C(=O)NCc3nnn[nH]3)sc2CN1. The molecule has 224 valence electrons. The van der Waals surface area contributed by atoms with E-state index in [0.29, 0.717) is 29.7 Å². The number of nitrogens with zero attached hydrogens (tertiary/aromatic N) is 6. The summed E-state index contributed by atoms with van der Waals surface area (Å²) in [5.74, 6) is -0.793. The lowest BCUT2D eigenvalue weighted by atomic mass is 10.1. The fourth-order valence-electron chi connectivity index (χ4n) is 5.21. The van der Waals surface area contributed by atoms with Gasteiger partial charge in [-0.05, 0) is 46.3 Å². The maximum atomic E-state index is 13.8. The van der Waals surface area contributed by atoms with Crippen molar-refractivity contribution in [3.05, 3.63) is 63.4 Å². The van der Waals surface area contributed by atoms with Crippen LogP contribution in [-0.4, -0.2) is 92.6 Å². The molecule has 0 bridgehead atoms. The molecule has 0 saturated carbocycles. The molecule has 1 fully saturated rings. The van der Waals surface area contributed by atoms with E-state index < -0.39 is 27.9 Å². The molecule has 4 heterocycles. The van der Waals surface area contributed by atoms with Gasteiger partial charge in [0, 0.05) is 49.1 Å². The minimum absolute atomic E-state index is 0.0129. The Hall–Kier alpha value is -4.32. The molecular formula is C26H29N11O4S2. The second kappa shape index (κ2) is 11.4. The number of carbonyl (C=O) groups excluding carboxylic acids is 2. The molecule has 1 saturated heterocycles. The molecule has 2 atom stereocenters. The van der Waals surface area contributed by atoms with E-state index in [-0.39, 0.29) is 48.0 Å². The highest BCUT2D eigenvalue weighted by Crippen LogP contribution is 2.28. The first kappa shape index (κ1) is 28.8. The molecule has 2 aromatic heterocycles. The lowest BCUT2D eigenvalue weighted by Crippen LogP contribution is -2.61. The summed E-state index contributed by atoms with van der Waals surface area (Å²) in [6.07, 6.45) is 0.694. The second-order valence-corrected chi connectivity index (χ2v) is 13.5. The van der Waals surface area contributed by atoms with Crippen LogP contribution in [0.5, 0.6) is 0 Å². The number of carbonyl (C=O) groups is 2. The minimum atomic E-state index is -4.06. The van der Waals surface area contributed by atoms with E-state index in [2.05, 4.69) is 36.2 Å². The average molecular weight is 624 g/mol. The van der Waals surface area contributed by atoms with Gasteiger partial charge in [0.25, 0.3) is 5.91 Å². The number of tetrazole rings is 1. The van der Waals surface area contributed by atoms with Crippen LogP contribution in [0, 0.1) is 5.41 Å². The van der Waals surface area contributed by atoms with Crippen molar-refractivity contribution in [1.82, 2.24) is 45.4 Å². The van der Waals surface area contributed by atoms with E-state index in [9.17, 15) is 18.0 Å². The van der Waals surface area contributed by atoms with E-state index in [0.717, 1.165) is 16.0 Å². The van der Waals surface area contributed by atoms with Crippen LogP contribution in [0.3, 0.4) is 0 Å². The number of aromatic nitrogens is 5. The number of H-pyrrole nitrogens is 1. The minimum Gasteiger partial charge on any atom is -0.384 e. The van der Waals surface area contributed by atoms with Crippen LogP contribution in [-0.2, 0) is 34.3 Å². The monoisotopic (exact) mass is 623 g/mol. The average Bonchev–Trinajstić information content (AvgIpc) is 3.68. The van der Waals surface area contributed by atoms with E-state index in [1.807, 2.05) is 6.92 Å². The number of amidine groups is 1. The first-order valence-electron chi connectivity index (χ1n) is 13.5. The third kappa shape index (κ3) is 5.71. The van der Waals surface area contributed by atoms with Crippen LogP contribution in [0.2, 0.25) is 0 Å². The van der Waals surface area contributed by atoms with E-state index in [1.165, 1.54) is 32.7 Å². The van der Waals surface area contributed by atoms with Gasteiger partial charge in [0.2, 0.25) is 15.9 Å². The first-order valence-corrected chi connectivity index (χ1v) is 15.8. The van der Waals surface area contributed by atoms with Crippen molar-refractivity contribution >= 4 is 49.8 Å². The lowest BCUT2D eigenvalue weighted by molar-refractivity contribution is -0.127. The standard InChI is InChI=1S/C26H29N11O4S2/c1-14-8-19-21(11-29-14)42-25(31-19)26(39)37-7-6-36(13-20(37)24(38)30-12-22-32-34-35-33-22)43(40,41)18-5-4-15-2-3-16(23(27)28)9-17(15)10-18/h2-5,9-10,14,20,29H,6-8,11-13H2,1H3,(H3,27,28)(H,30,38)(H,32,33,34,35). The number of sulfonamides is 1. The van der Waals surface area contributed by atoms with Crippen molar-refractivity contribution in [2.45, 2.75) is 43.4 Å². The summed E-state index contributed by atoms with van der Waals surface area (Å²) in [5, 5.41) is 28.7. The summed E-state index contributed by atoms with van der Waals surface area (Å²) in [6, 6.07) is 8.94. The Kier molecular flexibility index (Phi) is 7.63. The summed E-state index contributed by atoms with van der Waals surface area (Å²) in [6.45, 7) is 2.34. The highest BCUT2D eigenvalue weighted by molar-refractivity contribution is 7.89. The van der Waals surface area contributed by atoms with Gasteiger partial charge in [0.05, 0.1) is 17.1 Å². The summed E-state index contributed by atoms with van der Waals surface area (Å²) < 4.78 is 28.9. The maximum Gasteiger partial charge on any atom is 0.283 e. The molecule has 2 aromatic carbocycles. The van der Waals surface area contributed by atoms with Crippen molar-refractivity contribution in [1.29, 1.82) is 5.41 Å². The molecule has 2 amide bonds. The Bertz CT molecular complexity index is 1820. The van der Waals surface area contributed by atoms with E-state index in [1.54, 1.807) is 24.3 Å². The third-order valence-electron chi connectivity index (χ3n) is 7.56. The smallest absolute Gasteiger partial charge is 0.283 e. The zero-order valence-corrected chi connectivity index (χ0v) is 24.7. The van der Waals surface area contributed by atoms with Crippen LogP contribution in [0.25, 0.3) is 10.8 Å². The van der Waals surface area contributed by atoms with Crippen molar-refractivity contribution < 1.29 is 18.0 Å². The zero-order valence-electron chi connectivity index (χ0n) is 23.1.